The number of para-hydroxylation sites is 1. The molecule has 2 heterocycles. The second-order valence-corrected chi connectivity index (χ2v) is 7.51. The van der Waals surface area contributed by atoms with E-state index in [-0.39, 0.29) is 27.9 Å². The molecule has 2 aromatic rings. The smallest absolute Gasteiger partial charge is 0.270 e. The monoisotopic (exact) mass is 349 g/mol. The lowest BCUT2D eigenvalue weighted by atomic mass is 10.2. The fourth-order valence-corrected chi connectivity index (χ4v) is 3.86. The van der Waals surface area contributed by atoms with Crippen molar-refractivity contribution in [2.75, 3.05) is 17.8 Å². The van der Waals surface area contributed by atoms with E-state index in [9.17, 15) is 18.3 Å². The van der Waals surface area contributed by atoms with E-state index in [1.54, 1.807) is 24.0 Å². The molecule has 0 spiro atoms. The Balaban J connectivity index is 1.84. The molecule has 3 rings (SSSR count). The van der Waals surface area contributed by atoms with Crippen LogP contribution in [0.5, 0.6) is 5.75 Å². The molecule has 0 bridgehead atoms. The molecule has 1 saturated heterocycles. The van der Waals surface area contributed by atoms with Gasteiger partial charge in [-0.3, -0.25) is 9.52 Å². The summed E-state index contributed by atoms with van der Waals surface area (Å²) in [5.41, 5.74) is 0.972. The van der Waals surface area contributed by atoms with Crippen LogP contribution in [0.25, 0.3) is 0 Å². The normalized spacial score (nSPS) is 14.8. The number of H-pyrrole nitrogens is 1. The number of aromatic amines is 1. The minimum atomic E-state index is -3.91. The number of benzene rings is 1. The predicted octanol–water partition coefficient (Wildman–Crippen LogP) is 2.07. The third-order valence-electron chi connectivity index (χ3n) is 4.08. The molecule has 7 nitrogen and oxygen atoms in total. The molecule has 1 fully saturated rings. The number of phenolic OH excluding ortho intramolecular Hbond substituents is 1. The van der Waals surface area contributed by atoms with Gasteiger partial charge in [0.15, 0.2) is 0 Å². The van der Waals surface area contributed by atoms with Crippen molar-refractivity contribution >= 4 is 21.6 Å². The van der Waals surface area contributed by atoms with Gasteiger partial charge in [0, 0.05) is 19.3 Å². The molecule has 8 heteroatoms. The van der Waals surface area contributed by atoms with Crippen LogP contribution in [-0.4, -0.2) is 42.4 Å². The largest absolute Gasteiger partial charge is 0.506 e. The first-order chi connectivity index (χ1) is 11.4. The Bertz CT molecular complexity index is 847. The lowest BCUT2D eigenvalue weighted by Crippen LogP contribution is -2.27. The highest BCUT2D eigenvalue weighted by atomic mass is 32.2. The van der Waals surface area contributed by atoms with Crippen LogP contribution >= 0.6 is 0 Å². The van der Waals surface area contributed by atoms with E-state index in [0.717, 1.165) is 12.8 Å². The number of rotatable bonds is 4. The fourth-order valence-electron chi connectivity index (χ4n) is 2.72. The van der Waals surface area contributed by atoms with Crippen molar-refractivity contribution in [2.24, 2.45) is 0 Å². The van der Waals surface area contributed by atoms with Gasteiger partial charge in [-0.25, -0.2) is 8.42 Å². The Morgan fingerprint density at radius 2 is 2.00 bits per heavy atom. The molecule has 1 aromatic heterocycles. The van der Waals surface area contributed by atoms with E-state index in [0.29, 0.717) is 18.7 Å². The highest BCUT2D eigenvalue weighted by molar-refractivity contribution is 7.92. The van der Waals surface area contributed by atoms with Crippen molar-refractivity contribution in [3.8, 4) is 5.75 Å². The average Bonchev–Trinajstić information content (AvgIpc) is 3.21. The Hall–Kier alpha value is -2.48. The number of hydrogen-bond acceptors (Lipinski definition) is 4. The Morgan fingerprint density at radius 3 is 2.67 bits per heavy atom. The molecule has 0 unspecified atom stereocenters. The van der Waals surface area contributed by atoms with E-state index in [1.807, 2.05) is 0 Å². The summed E-state index contributed by atoms with van der Waals surface area (Å²) in [6.07, 6.45) is 3.21. The van der Waals surface area contributed by atoms with Crippen LogP contribution in [0, 0.1) is 6.92 Å². The van der Waals surface area contributed by atoms with E-state index < -0.39 is 10.0 Å². The number of sulfonamides is 1. The zero-order valence-corrected chi connectivity index (χ0v) is 14.1. The number of likely N-dealkylation sites (tertiary alicyclic amines) is 1. The molecule has 0 aliphatic carbocycles. The molecule has 128 valence electrons. The SMILES string of the molecule is Cc1cccc(O)c1NS(=O)(=O)c1c[nH]c(C(=O)N2CCCC2)c1. The summed E-state index contributed by atoms with van der Waals surface area (Å²) in [7, 11) is -3.91. The minimum Gasteiger partial charge on any atom is -0.506 e. The van der Waals surface area contributed by atoms with Crippen LogP contribution < -0.4 is 4.72 Å². The summed E-state index contributed by atoms with van der Waals surface area (Å²) in [6, 6.07) is 6.05. The van der Waals surface area contributed by atoms with Crippen LogP contribution in [-0.2, 0) is 10.0 Å². The Kier molecular flexibility index (Phi) is 4.23. The molecule has 1 amide bonds. The number of nitrogens with zero attached hydrogens (tertiary/aromatic N) is 1. The molecule has 24 heavy (non-hydrogen) atoms. The van der Waals surface area contributed by atoms with Crippen molar-refractivity contribution in [2.45, 2.75) is 24.7 Å². The van der Waals surface area contributed by atoms with E-state index in [2.05, 4.69) is 9.71 Å². The third kappa shape index (κ3) is 3.09. The summed E-state index contributed by atoms with van der Waals surface area (Å²) >= 11 is 0. The molecule has 0 atom stereocenters. The molecule has 1 aliphatic rings. The number of nitrogens with one attached hydrogen (secondary N) is 2. The number of hydrogen-bond donors (Lipinski definition) is 3. The van der Waals surface area contributed by atoms with Gasteiger partial charge in [0.2, 0.25) is 0 Å². The first-order valence-corrected chi connectivity index (χ1v) is 9.16. The molecular formula is C16H19N3O4S. The van der Waals surface area contributed by atoms with Crippen molar-refractivity contribution in [1.29, 1.82) is 0 Å². The number of carbonyl (C=O) groups is 1. The molecule has 3 N–H and O–H groups in total. The molecule has 1 aliphatic heterocycles. The third-order valence-corrected chi connectivity index (χ3v) is 5.41. The van der Waals surface area contributed by atoms with Crippen LogP contribution in [0.1, 0.15) is 28.9 Å². The van der Waals surface area contributed by atoms with Crippen molar-refractivity contribution in [3.63, 3.8) is 0 Å². The van der Waals surface area contributed by atoms with Crippen LogP contribution in [0.2, 0.25) is 0 Å². The zero-order valence-electron chi connectivity index (χ0n) is 13.2. The van der Waals surface area contributed by atoms with E-state index >= 15 is 0 Å². The number of anilines is 1. The lowest BCUT2D eigenvalue weighted by molar-refractivity contribution is 0.0787. The van der Waals surface area contributed by atoms with Gasteiger partial charge in [-0.2, -0.15) is 0 Å². The summed E-state index contributed by atoms with van der Waals surface area (Å²) in [5.74, 6) is -0.352. The standard InChI is InChI=1S/C16H19N3O4S/c1-11-5-4-6-14(20)15(11)18-24(22,23)12-9-13(17-10-12)16(21)19-7-2-3-8-19/h4-6,9-10,17-18,20H,2-3,7-8H2,1H3. The second-order valence-electron chi connectivity index (χ2n) is 5.82. The maximum Gasteiger partial charge on any atom is 0.270 e. The van der Waals surface area contributed by atoms with Crippen molar-refractivity contribution in [1.82, 2.24) is 9.88 Å². The van der Waals surface area contributed by atoms with Crippen LogP contribution in [0.15, 0.2) is 35.4 Å². The van der Waals surface area contributed by atoms with Gasteiger partial charge in [-0.15, -0.1) is 0 Å². The number of aryl methyl sites for hydroxylation is 1. The highest BCUT2D eigenvalue weighted by Crippen LogP contribution is 2.29. The lowest BCUT2D eigenvalue weighted by Gasteiger charge is -2.13. The number of carbonyl (C=O) groups excluding carboxylic acids is 1. The van der Waals surface area contributed by atoms with Crippen molar-refractivity contribution in [3.05, 3.63) is 41.7 Å². The molecular weight excluding hydrogens is 330 g/mol. The maximum absolute atomic E-state index is 12.5. The van der Waals surface area contributed by atoms with Gasteiger partial charge in [0.25, 0.3) is 15.9 Å². The summed E-state index contributed by atoms with van der Waals surface area (Å²) in [6.45, 7) is 3.07. The van der Waals surface area contributed by atoms with Crippen LogP contribution in [0.4, 0.5) is 5.69 Å². The topological polar surface area (TPSA) is 102 Å². The summed E-state index contributed by atoms with van der Waals surface area (Å²) < 4.78 is 27.4. The number of aromatic hydroxyl groups is 1. The number of aromatic nitrogens is 1. The summed E-state index contributed by atoms with van der Waals surface area (Å²) in [5, 5.41) is 9.84. The Morgan fingerprint density at radius 1 is 1.29 bits per heavy atom. The highest BCUT2D eigenvalue weighted by Gasteiger charge is 2.24. The van der Waals surface area contributed by atoms with E-state index in [1.165, 1.54) is 18.3 Å². The van der Waals surface area contributed by atoms with E-state index in [4.69, 9.17) is 0 Å². The first kappa shape index (κ1) is 16.4. The second kappa shape index (κ2) is 6.20. The van der Waals surface area contributed by atoms with Crippen molar-refractivity contribution < 1.29 is 18.3 Å². The van der Waals surface area contributed by atoms with Crippen LogP contribution in [0.3, 0.4) is 0 Å². The van der Waals surface area contributed by atoms with Gasteiger partial charge >= 0.3 is 0 Å². The average molecular weight is 349 g/mol. The van der Waals surface area contributed by atoms with Gasteiger partial charge in [-0.05, 0) is 37.5 Å². The molecule has 0 radical (unpaired) electrons. The zero-order chi connectivity index (χ0) is 17.3. The molecule has 0 saturated carbocycles. The maximum atomic E-state index is 12.5. The quantitative estimate of drug-likeness (QED) is 0.735. The minimum absolute atomic E-state index is 0.0484. The van der Waals surface area contributed by atoms with Gasteiger partial charge in [0.05, 0.1) is 5.69 Å². The Labute approximate surface area is 140 Å². The number of amides is 1. The predicted molar refractivity (Wildman–Crippen MR) is 89.6 cm³/mol. The molecule has 1 aromatic carbocycles. The number of phenols is 1. The van der Waals surface area contributed by atoms with Gasteiger partial charge in [-0.1, -0.05) is 12.1 Å². The summed E-state index contributed by atoms with van der Waals surface area (Å²) in [4.78, 5) is 16.7. The fraction of sp³-hybridized carbons (Fsp3) is 0.312. The first-order valence-electron chi connectivity index (χ1n) is 7.67. The van der Waals surface area contributed by atoms with Gasteiger partial charge < -0.3 is 15.0 Å². The van der Waals surface area contributed by atoms with Gasteiger partial charge in [0.1, 0.15) is 16.3 Å².